The maximum Gasteiger partial charge on any atom is 0.362 e. The number of aliphatic hydroxyl groups is 1. The van der Waals surface area contributed by atoms with Crippen LogP contribution >= 0.6 is 0 Å². The number of carbonyl (C=O) groups is 2. The number of carbonyl (C=O) groups excluding carboxylic acids is 2. The number of hydrogen-bond donors (Lipinski definition) is 2. The van der Waals surface area contributed by atoms with E-state index in [0.29, 0.717) is 6.42 Å². The number of hydrogen-bond acceptors (Lipinski definition) is 6. The summed E-state index contributed by atoms with van der Waals surface area (Å²) in [6.07, 6.45) is 0.518. The maximum absolute atomic E-state index is 11.9. The van der Waals surface area contributed by atoms with Crippen molar-refractivity contribution >= 4 is 37.8 Å². The number of esters is 1. The number of nitrogens with one attached hydrogen (secondary N) is 1. The zero-order valence-corrected chi connectivity index (χ0v) is 19.9. The van der Waals surface area contributed by atoms with E-state index in [9.17, 15) is 9.59 Å². The largest absolute Gasteiger partial charge is 0.462 e. The molecule has 0 unspecified atom stereocenters. The van der Waals surface area contributed by atoms with Crippen LogP contribution < -0.4 is 5.32 Å². The highest BCUT2D eigenvalue weighted by molar-refractivity contribution is 6.81. The summed E-state index contributed by atoms with van der Waals surface area (Å²) >= 11 is 0. The minimum absolute atomic E-state index is 0.0997. The average Bonchev–Trinajstić information content (AvgIpc) is 2.45. The van der Waals surface area contributed by atoms with Crippen molar-refractivity contribution in [3.05, 3.63) is 12.2 Å². The molecule has 0 fully saturated rings. The zero-order valence-electron chi connectivity index (χ0n) is 16.9. The fourth-order valence-electron chi connectivity index (χ4n) is 1.81. The van der Waals surface area contributed by atoms with Gasteiger partial charge in [-0.1, -0.05) is 6.58 Å². The lowest BCUT2D eigenvalue weighted by Gasteiger charge is -2.29. The highest BCUT2D eigenvalue weighted by atomic mass is 28.4. The molecule has 0 spiro atoms. The van der Waals surface area contributed by atoms with E-state index in [2.05, 4.69) is 51.2 Å². The summed E-state index contributed by atoms with van der Waals surface area (Å²) in [5, 5.41) is 11.1. The van der Waals surface area contributed by atoms with Crippen molar-refractivity contribution in [1.82, 2.24) is 5.32 Å². The highest BCUT2D eigenvalue weighted by Crippen LogP contribution is 2.16. The summed E-state index contributed by atoms with van der Waals surface area (Å²) in [4.78, 5) is 23.4. The molecular weight excluding hydrogens is 386 g/mol. The molecule has 0 saturated carbocycles. The fourth-order valence-corrected chi connectivity index (χ4v) is 9.07. The van der Waals surface area contributed by atoms with E-state index >= 15 is 0 Å². The zero-order chi connectivity index (χ0) is 20.4. The van der Waals surface area contributed by atoms with Crippen LogP contribution in [0.15, 0.2) is 12.2 Å². The molecule has 1 radical (unpaired) electrons. The van der Waals surface area contributed by atoms with Crippen LogP contribution in [0.4, 0.5) is 0 Å². The van der Waals surface area contributed by atoms with Crippen LogP contribution in [0, 0.1) is 0 Å². The maximum atomic E-state index is 11.9. The van der Waals surface area contributed by atoms with Gasteiger partial charge in [-0.25, -0.2) is 4.79 Å². The van der Waals surface area contributed by atoms with Crippen molar-refractivity contribution in [1.29, 1.82) is 0 Å². The molecule has 0 atom stereocenters. The van der Waals surface area contributed by atoms with Gasteiger partial charge in [0.05, 0.1) is 19.6 Å². The summed E-state index contributed by atoms with van der Waals surface area (Å²) in [6, 6.07) is 0.746. The lowest BCUT2D eigenvalue weighted by Crippen LogP contribution is -2.43. The Kier molecular flexibility index (Phi) is 11.5. The first-order chi connectivity index (χ1) is 11.8. The van der Waals surface area contributed by atoms with Crippen molar-refractivity contribution in [2.45, 2.75) is 58.2 Å². The molecule has 10 heteroatoms. The summed E-state index contributed by atoms with van der Waals surface area (Å²) in [5.41, 5.74) is 0.0997. The molecule has 0 aromatic rings. The van der Waals surface area contributed by atoms with E-state index in [1.807, 2.05) is 0 Å². The van der Waals surface area contributed by atoms with Gasteiger partial charge >= 0.3 is 15.3 Å². The predicted molar refractivity (Wildman–Crippen MR) is 109 cm³/mol. The Hall–Kier alpha value is -0.789. The quantitative estimate of drug-likeness (QED) is 0.205. The van der Waals surface area contributed by atoms with E-state index in [-0.39, 0.29) is 37.7 Å². The Labute approximate surface area is 161 Å². The third-order valence-electron chi connectivity index (χ3n) is 2.70. The molecule has 1 amide bonds. The Morgan fingerprint density at radius 3 is 2.08 bits per heavy atom. The summed E-state index contributed by atoms with van der Waals surface area (Å²) in [6.45, 7) is 16.6. The topological polar surface area (TPSA) is 94.1 Å². The van der Waals surface area contributed by atoms with Gasteiger partial charge < -0.3 is 23.4 Å². The van der Waals surface area contributed by atoms with Gasteiger partial charge in [0.15, 0.2) is 16.6 Å². The molecular formula is C16H34NO6Si3. The molecule has 0 aliphatic heterocycles. The van der Waals surface area contributed by atoms with E-state index in [0.717, 1.165) is 6.04 Å². The Balaban J connectivity index is 4.27. The lowest BCUT2D eigenvalue weighted by molar-refractivity contribution is -0.140. The van der Waals surface area contributed by atoms with Gasteiger partial charge in [0.2, 0.25) is 5.91 Å². The molecule has 0 aromatic carbocycles. The van der Waals surface area contributed by atoms with Crippen molar-refractivity contribution < 1.29 is 27.7 Å². The first-order valence-corrected chi connectivity index (χ1v) is 17.1. The second-order valence-electron chi connectivity index (χ2n) is 7.89. The van der Waals surface area contributed by atoms with Crippen LogP contribution in [0.1, 0.15) is 12.8 Å². The number of amides is 1. The van der Waals surface area contributed by atoms with Crippen molar-refractivity contribution in [3.63, 3.8) is 0 Å². The standard InChI is InChI=1S/C16H34NO6Si3/c1-14(13-15(19)17-9-10-18)16(20)21-11-8-12-24(22-25(2,3)4)23-26(5,6)7/h18H,1,8-13H2,2-7H3,(H,17,19). The van der Waals surface area contributed by atoms with E-state index in [1.165, 1.54) is 0 Å². The Morgan fingerprint density at radius 2 is 1.62 bits per heavy atom. The normalized spacial score (nSPS) is 12.2. The second-order valence-corrected chi connectivity index (χ2v) is 19.2. The number of rotatable bonds is 13. The van der Waals surface area contributed by atoms with Gasteiger partial charge in [-0.3, -0.25) is 4.79 Å². The van der Waals surface area contributed by atoms with Crippen molar-refractivity contribution in [2.24, 2.45) is 0 Å². The van der Waals surface area contributed by atoms with Gasteiger partial charge in [0, 0.05) is 12.1 Å². The molecule has 0 aliphatic carbocycles. The third-order valence-corrected chi connectivity index (χ3v) is 10.2. The molecule has 0 saturated heterocycles. The summed E-state index contributed by atoms with van der Waals surface area (Å²) < 4.78 is 17.5. The Morgan fingerprint density at radius 1 is 1.08 bits per heavy atom. The van der Waals surface area contributed by atoms with Gasteiger partial charge in [0.1, 0.15) is 0 Å². The Bertz CT molecular complexity index is 458. The summed E-state index contributed by atoms with van der Waals surface area (Å²) in [5.74, 6) is -0.936. The van der Waals surface area contributed by atoms with Gasteiger partial charge in [-0.15, -0.1) is 0 Å². The van der Waals surface area contributed by atoms with Crippen LogP contribution in [0.3, 0.4) is 0 Å². The molecule has 0 heterocycles. The second kappa shape index (κ2) is 11.8. The van der Waals surface area contributed by atoms with Crippen LogP contribution in [-0.2, 0) is 22.6 Å². The number of aliphatic hydroxyl groups excluding tert-OH is 1. The van der Waals surface area contributed by atoms with Crippen molar-refractivity contribution in [2.75, 3.05) is 19.8 Å². The molecule has 0 bridgehead atoms. The van der Waals surface area contributed by atoms with Crippen LogP contribution in [0.25, 0.3) is 0 Å². The molecule has 2 N–H and O–H groups in total. The minimum Gasteiger partial charge on any atom is -0.462 e. The fraction of sp³-hybridized carbons (Fsp3) is 0.750. The third kappa shape index (κ3) is 14.4. The first kappa shape index (κ1) is 25.2. The van der Waals surface area contributed by atoms with Crippen molar-refractivity contribution in [3.8, 4) is 0 Å². The SMILES string of the molecule is C=C(CC(=O)NCCO)C(=O)OCCC[Si](O[Si](C)(C)C)O[Si](C)(C)C. The molecule has 0 aromatic heterocycles. The molecule has 0 aliphatic rings. The van der Waals surface area contributed by atoms with Crippen LogP contribution in [0.2, 0.25) is 45.3 Å². The molecule has 26 heavy (non-hydrogen) atoms. The average molecular weight is 421 g/mol. The van der Waals surface area contributed by atoms with Gasteiger partial charge in [-0.05, 0) is 51.7 Å². The lowest BCUT2D eigenvalue weighted by atomic mass is 10.2. The molecule has 0 rings (SSSR count). The smallest absolute Gasteiger partial charge is 0.362 e. The van der Waals surface area contributed by atoms with Crippen LogP contribution in [-0.4, -0.2) is 62.7 Å². The number of ether oxygens (including phenoxy) is 1. The van der Waals surface area contributed by atoms with E-state index in [1.54, 1.807) is 0 Å². The highest BCUT2D eigenvalue weighted by Gasteiger charge is 2.29. The van der Waals surface area contributed by atoms with Gasteiger partial charge in [-0.2, -0.15) is 0 Å². The van der Waals surface area contributed by atoms with E-state index < -0.39 is 31.9 Å². The predicted octanol–water partition coefficient (Wildman–Crippen LogP) is 2.17. The first-order valence-electron chi connectivity index (χ1n) is 8.80. The molecule has 7 nitrogen and oxygen atoms in total. The molecule has 151 valence electrons. The van der Waals surface area contributed by atoms with Gasteiger partial charge in [0.25, 0.3) is 0 Å². The van der Waals surface area contributed by atoms with E-state index in [4.69, 9.17) is 18.1 Å². The minimum atomic E-state index is -1.69. The van der Waals surface area contributed by atoms with Crippen LogP contribution in [0.5, 0.6) is 0 Å². The monoisotopic (exact) mass is 420 g/mol. The summed E-state index contributed by atoms with van der Waals surface area (Å²) in [7, 11) is -4.77.